The second-order valence-corrected chi connectivity index (χ2v) is 6.63. The van der Waals surface area contributed by atoms with Gasteiger partial charge >= 0.3 is 0 Å². The number of benzene rings is 1. The van der Waals surface area contributed by atoms with Crippen LogP contribution in [0.15, 0.2) is 24.3 Å². The summed E-state index contributed by atoms with van der Waals surface area (Å²) in [6.07, 6.45) is 1.90. The first kappa shape index (κ1) is 17.8. The fourth-order valence-corrected chi connectivity index (χ4v) is 3.51. The van der Waals surface area contributed by atoms with Crippen molar-refractivity contribution in [2.45, 2.75) is 32.1 Å². The number of hydrogen-bond donors (Lipinski definition) is 1. The van der Waals surface area contributed by atoms with Crippen molar-refractivity contribution < 1.29 is 4.74 Å². The Kier molecular flexibility index (Phi) is 6.44. The van der Waals surface area contributed by atoms with Gasteiger partial charge < -0.3 is 15.0 Å². The van der Waals surface area contributed by atoms with Crippen molar-refractivity contribution in [2.24, 2.45) is 5.92 Å². The highest BCUT2D eigenvalue weighted by molar-refractivity contribution is 5.44. The number of nitrogens with zero attached hydrogens (tertiary/aromatic N) is 2. The van der Waals surface area contributed by atoms with E-state index in [1.807, 2.05) is 24.3 Å². The number of nitrogens with one attached hydrogen (secondary N) is 1. The van der Waals surface area contributed by atoms with E-state index in [4.69, 9.17) is 4.74 Å². The molecule has 1 fully saturated rings. The summed E-state index contributed by atoms with van der Waals surface area (Å²) < 4.78 is 5.53. The van der Waals surface area contributed by atoms with E-state index in [0.29, 0.717) is 0 Å². The summed E-state index contributed by atoms with van der Waals surface area (Å²) in [7, 11) is 1.68. The van der Waals surface area contributed by atoms with E-state index in [1.165, 1.54) is 0 Å². The van der Waals surface area contributed by atoms with E-state index >= 15 is 0 Å². The predicted octanol–water partition coefficient (Wildman–Crippen LogP) is 2.80. The maximum atomic E-state index is 10.0. The molecule has 0 aliphatic carbocycles. The number of para-hydroxylation sites is 1. The van der Waals surface area contributed by atoms with E-state index in [9.17, 15) is 5.26 Å². The number of piperazine rings is 1. The van der Waals surface area contributed by atoms with Crippen LogP contribution in [0.1, 0.15) is 32.3 Å². The van der Waals surface area contributed by atoms with Crippen LogP contribution in [0.5, 0.6) is 5.75 Å². The van der Waals surface area contributed by atoms with Gasteiger partial charge in [-0.3, -0.25) is 0 Å². The molecule has 126 valence electrons. The zero-order chi connectivity index (χ0) is 16.7. The Hall–Kier alpha value is -1.57. The molecule has 4 nitrogen and oxygen atoms in total. The number of ether oxygens (including phenoxy) is 1. The molecule has 1 aliphatic heterocycles. The molecule has 1 aliphatic rings. The lowest BCUT2D eigenvalue weighted by atomic mass is 9.69. The minimum Gasteiger partial charge on any atom is -0.496 e. The van der Waals surface area contributed by atoms with Crippen LogP contribution in [0.2, 0.25) is 0 Å². The molecule has 1 atom stereocenters. The van der Waals surface area contributed by atoms with Crippen LogP contribution in [0.25, 0.3) is 0 Å². The molecule has 1 aromatic rings. The van der Waals surface area contributed by atoms with E-state index in [0.717, 1.165) is 56.9 Å². The summed E-state index contributed by atoms with van der Waals surface area (Å²) in [6.45, 7) is 9.69. The third-order valence-electron chi connectivity index (χ3n) is 5.03. The minimum absolute atomic E-state index is 0.242. The fourth-order valence-electron chi connectivity index (χ4n) is 3.51. The standard InChI is InChI=1S/C19H29N3O/c1-16(2)19(15-20,17-7-4-5-8-18(17)23-3)9-6-12-22-13-10-21-11-14-22/h4-5,7-8,16,21H,6,9-14H2,1-3H3. The van der Waals surface area contributed by atoms with E-state index in [1.54, 1.807) is 7.11 Å². The van der Waals surface area contributed by atoms with Crippen molar-refractivity contribution in [2.75, 3.05) is 39.8 Å². The summed E-state index contributed by atoms with van der Waals surface area (Å²) >= 11 is 0. The molecule has 0 saturated carbocycles. The summed E-state index contributed by atoms with van der Waals surface area (Å²) in [5, 5.41) is 13.4. The van der Waals surface area contributed by atoms with Gasteiger partial charge in [0.15, 0.2) is 0 Å². The molecular formula is C19H29N3O. The first-order valence-corrected chi connectivity index (χ1v) is 8.62. The molecule has 0 spiro atoms. The zero-order valence-corrected chi connectivity index (χ0v) is 14.6. The lowest BCUT2D eigenvalue weighted by Gasteiger charge is -2.34. The number of methoxy groups -OCH3 is 1. The van der Waals surface area contributed by atoms with Gasteiger partial charge in [0.25, 0.3) is 0 Å². The second kappa shape index (κ2) is 8.33. The largest absolute Gasteiger partial charge is 0.496 e. The van der Waals surface area contributed by atoms with Crippen LogP contribution in [0.4, 0.5) is 0 Å². The minimum atomic E-state index is -0.485. The number of hydrogen-bond acceptors (Lipinski definition) is 4. The van der Waals surface area contributed by atoms with E-state index in [-0.39, 0.29) is 5.92 Å². The molecule has 1 saturated heterocycles. The van der Waals surface area contributed by atoms with Gasteiger partial charge in [0, 0.05) is 31.7 Å². The predicted molar refractivity (Wildman–Crippen MR) is 93.7 cm³/mol. The Morgan fingerprint density at radius 2 is 2.00 bits per heavy atom. The van der Waals surface area contributed by atoms with Gasteiger partial charge in [-0.05, 0) is 31.4 Å². The van der Waals surface area contributed by atoms with Crippen LogP contribution in [-0.2, 0) is 5.41 Å². The Bertz CT molecular complexity index is 532. The third kappa shape index (κ3) is 4.04. The second-order valence-electron chi connectivity index (χ2n) is 6.63. The fraction of sp³-hybridized carbons (Fsp3) is 0.632. The van der Waals surface area contributed by atoms with Crippen molar-refractivity contribution in [1.82, 2.24) is 10.2 Å². The zero-order valence-electron chi connectivity index (χ0n) is 14.6. The molecule has 1 heterocycles. The van der Waals surface area contributed by atoms with Crippen LogP contribution in [0, 0.1) is 17.2 Å². The summed E-state index contributed by atoms with van der Waals surface area (Å²) in [5.41, 5.74) is 0.543. The average Bonchev–Trinajstić information content (AvgIpc) is 2.59. The Labute approximate surface area is 140 Å². The first-order chi connectivity index (χ1) is 11.1. The topological polar surface area (TPSA) is 48.3 Å². The maximum absolute atomic E-state index is 10.0. The van der Waals surface area contributed by atoms with Crippen molar-refractivity contribution in [3.8, 4) is 11.8 Å². The van der Waals surface area contributed by atoms with Gasteiger partial charge in [-0.1, -0.05) is 32.0 Å². The van der Waals surface area contributed by atoms with Gasteiger partial charge in [0.2, 0.25) is 0 Å². The van der Waals surface area contributed by atoms with Crippen LogP contribution in [0.3, 0.4) is 0 Å². The Morgan fingerprint density at radius 1 is 1.30 bits per heavy atom. The average molecular weight is 315 g/mol. The molecule has 4 heteroatoms. The summed E-state index contributed by atoms with van der Waals surface area (Å²) in [6, 6.07) is 10.6. The van der Waals surface area contributed by atoms with Gasteiger partial charge in [-0.2, -0.15) is 5.26 Å². The highest BCUT2D eigenvalue weighted by atomic mass is 16.5. The van der Waals surface area contributed by atoms with Gasteiger partial charge in [0.05, 0.1) is 18.6 Å². The van der Waals surface area contributed by atoms with Crippen molar-refractivity contribution in [3.63, 3.8) is 0 Å². The van der Waals surface area contributed by atoms with Crippen molar-refractivity contribution >= 4 is 0 Å². The van der Waals surface area contributed by atoms with Gasteiger partial charge in [0.1, 0.15) is 5.75 Å². The maximum Gasteiger partial charge on any atom is 0.123 e. The molecule has 0 bridgehead atoms. The SMILES string of the molecule is COc1ccccc1C(C#N)(CCCN1CCNCC1)C(C)C. The summed E-state index contributed by atoms with van der Waals surface area (Å²) in [4.78, 5) is 2.49. The molecule has 1 N–H and O–H groups in total. The molecular weight excluding hydrogens is 286 g/mol. The quantitative estimate of drug-likeness (QED) is 0.840. The Balaban J connectivity index is 2.14. The highest BCUT2D eigenvalue weighted by Gasteiger charge is 2.38. The van der Waals surface area contributed by atoms with Crippen molar-refractivity contribution in [1.29, 1.82) is 5.26 Å². The molecule has 0 radical (unpaired) electrons. The van der Waals surface area contributed by atoms with Crippen LogP contribution < -0.4 is 10.1 Å². The number of nitriles is 1. The van der Waals surface area contributed by atoms with Gasteiger partial charge in [-0.25, -0.2) is 0 Å². The first-order valence-electron chi connectivity index (χ1n) is 8.62. The highest BCUT2D eigenvalue weighted by Crippen LogP contribution is 2.41. The van der Waals surface area contributed by atoms with Crippen LogP contribution >= 0.6 is 0 Å². The third-order valence-corrected chi connectivity index (χ3v) is 5.03. The lowest BCUT2D eigenvalue weighted by Crippen LogP contribution is -2.44. The molecule has 23 heavy (non-hydrogen) atoms. The normalized spacial score (nSPS) is 18.4. The number of rotatable bonds is 7. The Morgan fingerprint density at radius 3 is 2.61 bits per heavy atom. The molecule has 0 aromatic heterocycles. The van der Waals surface area contributed by atoms with Gasteiger partial charge in [-0.15, -0.1) is 0 Å². The monoisotopic (exact) mass is 315 g/mol. The lowest BCUT2D eigenvalue weighted by molar-refractivity contribution is 0.224. The molecule has 1 aromatic carbocycles. The van der Waals surface area contributed by atoms with E-state index < -0.39 is 5.41 Å². The molecule has 1 unspecified atom stereocenters. The molecule has 0 amide bonds. The summed E-state index contributed by atoms with van der Waals surface area (Å²) in [5.74, 6) is 1.07. The van der Waals surface area contributed by atoms with Crippen molar-refractivity contribution in [3.05, 3.63) is 29.8 Å². The van der Waals surface area contributed by atoms with Crippen LogP contribution in [-0.4, -0.2) is 44.7 Å². The molecule has 2 rings (SSSR count). The van der Waals surface area contributed by atoms with E-state index in [2.05, 4.69) is 30.1 Å². The smallest absolute Gasteiger partial charge is 0.123 e.